The van der Waals surface area contributed by atoms with Crippen LogP contribution in [0, 0.1) is 5.82 Å². The Kier molecular flexibility index (Phi) is 6.80. The van der Waals surface area contributed by atoms with Crippen LogP contribution in [-0.4, -0.2) is 64.4 Å². The van der Waals surface area contributed by atoms with E-state index in [1.54, 1.807) is 33.5 Å². The number of amides is 1. The number of hydrogen-bond acceptors (Lipinski definition) is 6. The van der Waals surface area contributed by atoms with Crippen LogP contribution in [0.15, 0.2) is 48.7 Å². The Labute approximate surface area is 214 Å². The molecule has 8 nitrogen and oxygen atoms in total. The molecule has 0 spiro atoms. The summed E-state index contributed by atoms with van der Waals surface area (Å²) >= 11 is 0. The van der Waals surface area contributed by atoms with Crippen LogP contribution in [0.5, 0.6) is 5.75 Å². The lowest BCUT2D eigenvalue weighted by molar-refractivity contribution is 0.0827. The lowest BCUT2D eigenvalue weighted by Crippen LogP contribution is -2.30. The predicted octanol–water partition coefficient (Wildman–Crippen LogP) is 4.86. The first-order valence-electron chi connectivity index (χ1n) is 12.3. The topological polar surface area (TPSA) is 103 Å². The molecule has 5 rings (SSSR count). The molecule has 1 fully saturated rings. The second-order valence-corrected chi connectivity index (χ2v) is 9.62. The van der Waals surface area contributed by atoms with Gasteiger partial charge < -0.3 is 20.1 Å². The van der Waals surface area contributed by atoms with E-state index in [1.807, 2.05) is 30.3 Å². The number of rotatable bonds is 6. The van der Waals surface area contributed by atoms with Gasteiger partial charge in [0.05, 0.1) is 24.5 Å². The molecule has 2 aromatic carbocycles. The number of benzene rings is 2. The zero-order chi connectivity index (χ0) is 26.1. The number of ether oxygens (including phenoxy) is 1. The quantitative estimate of drug-likeness (QED) is 0.347. The minimum Gasteiger partial charge on any atom is -0.496 e. The van der Waals surface area contributed by atoms with Crippen molar-refractivity contribution < 1.29 is 19.0 Å². The van der Waals surface area contributed by atoms with Gasteiger partial charge in [0.25, 0.3) is 5.91 Å². The van der Waals surface area contributed by atoms with E-state index in [2.05, 4.69) is 20.5 Å². The molecule has 0 radical (unpaired) electrons. The monoisotopic (exact) mass is 503 g/mol. The second-order valence-electron chi connectivity index (χ2n) is 9.62. The molecule has 1 aliphatic carbocycles. The van der Waals surface area contributed by atoms with E-state index in [0.29, 0.717) is 53.9 Å². The Morgan fingerprint density at radius 3 is 2.62 bits per heavy atom. The van der Waals surface area contributed by atoms with Gasteiger partial charge in [0.2, 0.25) is 0 Å². The number of aromatic amines is 1. The highest BCUT2D eigenvalue weighted by molar-refractivity contribution is 6.01. The molecule has 2 aromatic heterocycles. The van der Waals surface area contributed by atoms with Gasteiger partial charge in [0.1, 0.15) is 17.3 Å². The maximum Gasteiger partial charge on any atom is 0.255 e. The van der Waals surface area contributed by atoms with E-state index in [0.717, 1.165) is 10.9 Å². The molecule has 0 aliphatic heterocycles. The van der Waals surface area contributed by atoms with Crippen LogP contribution in [0.25, 0.3) is 33.4 Å². The third-order valence-corrected chi connectivity index (χ3v) is 6.88. The Morgan fingerprint density at radius 1 is 1.14 bits per heavy atom. The molecule has 0 atom stereocenters. The number of halogens is 1. The van der Waals surface area contributed by atoms with Gasteiger partial charge >= 0.3 is 0 Å². The second kappa shape index (κ2) is 10.2. The average molecular weight is 504 g/mol. The Balaban J connectivity index is 1.58. The summed E-state index contributed by atoms with van der Waals surface area (Å²) in [6.45, 7) is 0. The Bertz CT molecular complexity index is 1440. The molecule has 4 aromatic rings. The number of carbonyl (C=O) groups is 1. The average Bonchev–Trinajstić information content (AvgIpc) is 3.33. The molecule has 0 saturated heterocycles. The lowest BCUT2D eigenvalue weighted by atomic mass is 9.92. The van der Waals surface area contributed by atoms with Crippen LogP contribution in [0.4, 0.5) is 10.1 Å². The van der Waals surface area contributed by atoms with Gasteiger partial charge in [-0.2, -0.15) is 5.10 Å². The number of carbonyl (C=O) groups excluding carboxylic acids is 1. The molecule has 37 heavy (non-hydrogen) atoms. The van der Waals surface area contributed by atoms with E-state index in [4.69, 9.17) is 4.74 Å². The minimum atomic E-state index is -0.508. The summed E-state index contributed by atoms with van der Waals surface area (Å²) in [4.78, 5) is 19.1. The number of aromatic nitrogens is 3. The molecule has 1 aliphatic rings. The van der Waals surface area contributed by atoms with Gasteiger partial charge in [-0.3, -0.25) is 9.89 Å². The summed E-state index contributed by atoms with van der Waals surface area (Å²) < 4.78 is 21.1. The molecule has 0 unspecified atom stereocenters. The highest BCUT2D eigenvalue weighted by atomic mass is 19.1. The van der Waals surface area contributed by atoms with Crippen LogP contribution >= 0.6 is 0 Å². The first-order chi connectivity index (χ1) is 17.9. The van der Waals surface area contributed by atoms with Gasteiger partial charge in [0, 0.05) is 42.8 Å². The van der Waals surface area contributed by atoms with Gasteiger partial charge in [0.15, 0.2) is 5.65 Å². The number of aliphatic hydroxyl groups is 1. The normalized spacial score (nSPS) is 17.5. The van der Waals surface area contributed by atoms with Crippen LogP contribution in [0.2, 0.25) is 0 Å². The fourth-order valence-corrected chi connectivity index (χ4v) is 4.86. The fourth-order valence-electron chi connectivity index (χ4n) is 4.86. The summed E-state index contributed by atoms with van der Waals surface area (Å²) in [7, 11) is 4.90. The van der Waals surface area contributed by atoms with Crippen molar-refractivity contribution in [1.82, 2.24) is 20.1 Å². The van der Waals surface area contributed by atoms with Gasteiger partial charge in [-0.15, -0.1) is 0 Å². The standard InChI is InChI=1S/C28H30FN5O3/c1-34(2)28(36)22-12-16(14-23(29)26(22)31-18-8-10-19(35)11-9-18)17-13-21-25(32-33-27(21)30-15-17)20-6-4-5-7-24(20)37-3/h4-7,12-15,18-19,31,35H,8-11H2,1-3H3,(H,30,32,33)/t18-,19-. The zero-order valence-corrected chi connectivity index (χ0v) is 21.1. The maximum atomic E-state index is 15.6. The van der Waals surface area contributed by atoms with E-state index < -0.39 is 5.82 Å². The molecular formula is C28H30FN5O3. The molecule has 9 heteroatoms. The number of methoxy groups -OCH3 is 1. The number of fused-ring (bicyclic) bond motifs is 1. The third-order valence-electron chi connectivity index (χ3n) is 6.88. The van der Waals surface area contributed by atoms with Crippen LogP contribution in [0.1, 0.15) is 36.0 Å². The van der Waals surface area contributed by atoms with Crippen molar-refractivity contribution >= 4 is 22.6 Å². The summed E-state index contributed by atoms with van der Waals surface area (Å²) in [5.74, 6) is -0.130. The zero-order valence-electron chi connectivity index (χ0n) is 21.1. The van der Waals surface area contributed by atoms with Crippen LogP contribution in [0.3, 0.4) is 0 Å². The Hall–Kier alpha value is -3.98. The first-order valence-corrected chi connectivity index (χ1v) is 12.3. The van der Waals surface area contributed by atoms with Crippen molar-refractivity contribution in [2.45, 2.75) is 37.8 Å². The number of nitrogens with zero attached hydrogens (tertiary/aromatic N) is 3. The third kappa shape index (κ3) is 4.86. The lowest BCUT2D eigenvalue weighted by Gasteiger charge is -2.28. The van der Waals surface area contributed by atoms with E-state index >= 15 is 4.39 Å². The van der Waals surface area contributed by atoms with Gasteiger partial charge in [-0.1, -0.05) is 12.1 Å². The summed E-state index contributed by atoms with van der Waals surface area (Å²) in [6.07, 6.45) is 4.05. The van der Waals surface area contributed by atoms with Crippen molar-refractivity contribution in [3.63, 3.8) is 0 Å². The van der Waals surface area contributed by atoms with Crippen molar-refractivity contribution in [1.29, 1.82) is 0 Å². The van der Waals surface area contributed by atoms with Crippen molar-refractivity contribution in [2.75, 3.05) is 26.5 Å². The molecule has 1 saturated carbocycles. The number of pyridine rings is 1. The number of para-hydroxylation sites is 1. The molecule has 192 valence electrons. The maximum absolute atomic E-state index is 15.6. The summed E-state index contributed by atoms with van der Waals surface area (Å²) in [5.41, 5.74) is 3.70. The van der Waals surface area contributed by atoms with Crippen molar-refractivity contribution in [2.24, 2.45) is 0 Å². The fraction of sp³-hybridized carbons (Fsp3) is 0.321. The number of nitrogens with one attached hydrogen (secondary N) is 2. The molecule has 1 amide bonds. The number of hydrogen-bond donors (Lipinski definition) is 3. The molecule has 2 heterocycles. The van der Waals surface area contributed by atoms with E-state index in [1.165, 1.54) is 11.0 Å². The number of H-pyrrole nitrogens is 1. The van der Waals surface area contributed by atoms with Gasteiger partial charge in [-0.05, 0) is 61.6 Å². The van der Waals surface area contributed by atoms with Crippen LogP contribution < -0.4 is 10.1 Å². The highest BCUT2D eigenvalue weighted by Crippen LogP contribution is 2.36. The largest absolute Gasteiger partial charge is 0.496 e. The number of aliphatic hydroxyl groups excluding tert-OH is 1. The number of anilines is 1. The predicted molar refractivity (Wildman–Crippen MR) is 141 cm³/mol. The van der Waals surface area contributed by atoms with Crippen molar-refractivity contribution in [3.8, 4) is 28.1 Å². The summed E-state index contributed by atoms with van der Waals surface area (Å²) in [5, 5.41) is 21.2. The summed E-state index contributed by atoms with van der Waals surface area (Å²) in [6, 6.07) is 12.6. The van der Waals surface area contributed by atoms with E-state index in [-0.39, 0.29) is 29.3 Å². The van der Waals surface area contributed by atoms with E-state index in [9.17, 15) is 9.90 Å². The highest BCUT2D eigenvalue weighted by Gasteiger charge is 2.25. The van der Waals surface area contributed by atoms with Crippen molar-refractivity contribution in [3.05, 3.63) is 60.0 Å². The minimum absolute atomic E-state index is 0.00943. The Morgan fingerprint density at radius 2 is 1.89 bits per heavy atom. The molecular weight excluding hydrogens is 473 g/mol. The molecule has 0 bridgehead atoms. The van der Waals surface area contributed by atoms with Gasteiger partial charge in [-0.25, -0.2) is 9.37 Å². The first kappa shape index (κ1) is 24.7. The smallest absolute Gasteiger partial charge is 0.255 e. The SMILES string of the molecule is COc1ccccc1-c1n[nH]c2ncc(-c3cc(F)c(N[C@H]4CC[C@H](O)CC4)c(C(=O)N(C)C)c3)cc12. The van der Waals surface area contributed by atoms with Crippen LogP contribution in [-0.2, 0) is 0 Å². The molecule has 3 N–H and O–H groups in total.